The predicted octanol–water partition coefficient (Wildman–Crippen LogP) is 2.59. The molecule has 1 fully saturated rings. The Labute approximate surface area is 141 Å². The van der Waals surface area contributed by atoms with E-state index in [4.69, 9.17) is 0 Å². The van der Waals surface area contributed by atoms with Gasteiger partial charge in [-0.2, -0.15) is 0 Å². The minimum absolute atomic E-state index is 0.00787. The minimum Gasteiger partial charge on any atom is -0.351 e. The average molecular weight is 320 g/mol. The molecule has 1 aliphatic heterocycles. The van der Waals surface area contributed by atoms with Crippen molar-refractivity contribution in [1.82, 2.24) is 10.2 Å². The number of carbonyl (C=O) groups excluding carboxylic acids is 2. The van der Waals surface area contributed by atoms with Gasteiger partial charge in [-0.3, -0.25) is 9.59 Å². The Hall–Kier alpha value is -2.62. The van der Waals surface area contributed by atoms with Crippen LogP contribution in [0.25, 0.3) is 0 Å². The molecule has 2 amide bonds. The van der Waals surface area contributed by atoms with E-state index in [1.54, 1.807) is 4.90 Å². The molecule has 0 aromatic heterocycles. The summed E-state index contributed by atoms with van der Waals surface area (Å²) in [5, 5.41) is 3.07. The summed E-state index contributed by atoms with van der Waals surface area (Å²) in [5.74, 6) is -0.0533. The molecule has 4 nitrogen and oxygen atoms in total. The van der Waals surface area contributed by atoms with Crippen molar-refractivity contribution in [2.75, 3.05) is 0 Å². The van der Waals surface area contributed by atoms with Gasteiger partial charge in [0.2, 0.25) is 11.8 Å². The van der Waals surface area contributed by atoms with Gasteiger partial charge in [0.1, 0.15) is 6.04 Å². The van der Waals surface area contributed by atoms with E-state index in [9.17, 15) is 9.59 Å². The molecular formula is C20H20N2O2. The van der Waals surface area contributed by atoms with Crippen molar-refractivity contribution in [3.63, 3.8) is 0 Å². The fourth-order valence-corrected chi connectivity index (χ4v) is 3.29. The maximum Gasteiger partial charge on any atom is 0.247 e. The summed E-state index contributed by atoms with van der Waals surface area (Å²) in [7, 11) is 0. The highest BCUT2D eigenvalue weighted by Gasteiger charge is 2.38. The molecule has 1 saturated carbocycles. The van der Waals surface area contributed by atoms with E-state index in [1.807, 2.05) is 54.6 Å². The largest absolute Gasteiger partial charge is 0.351 e. The number of nitrogens with one attached hydrogen (secondary N) is 1. The Morgan fingerprint density at radius 1 is 1.04 bits per heavy atom. The minimum atomic E-state index is -0.539. The zero-order valence-corrected chi connectivity index (χ0v) is 13.4. The van der Waals surface area contributed by atoms with Gasteiger partial charge >= 0.3 is 0 Å². The molecule has 0 unspecified atom stereocenters. The first kappa shape index (κ1) is 14.9. The molecule has 24 heavy (non-hydrogen) atoms. The molecule has 2 aliphatic rings. The smallest absolute Gasteiger partial charge is 0.247 e. The van der Waals surface area contributed by atoms with Crippen LogP contribution < -0.4 is 5.32 Å². The molecule has 4 rings (SSSR count). The molecule has 0 bridgehead atoms. The quantitative estimate of drug-likeness (QED) is 0.941. The van der Waals surface area contributed by atoms with Crippen LogP contribution in [0.4, 0.5) is 0 Å². The standard InChI is InChI=1S/C20H20N2O2/c23-18-12-15-8-4-5-9-17(15)19(20(24)21-16-10-11-16)22(18)13-14-6-2-1-3-7-14/h1-9,16,19H,10-13H2,(H,21,24)/t19-/m0/s1. The summed E-state index contributed by atoms with van der Waals surface area (Å²) >= 11 is 0. The Kier molecular flexibility index (Phi) is 3.81. The molecule has 122 valence electrons. The van der Waals surface area contributed by atoms with E-state index >= 15 is 0 Å². The van der Waals surface area contributed by atoms with Gasteiger partial charge in [-0.1, -0.05) is 54.6 Å². The molecule has 1 N–H and O–H groups in total. The van der Waals surface area contributed by atoms with Gasteiger partial charge in [0.25, 0.3) is 0 Å². The van der Waals surface area contributed by atoms with E-state index in [-0.39, 0.29) is 17.9 Å². The summed E-state index contributed by atoms with van der Waals surface area (Å²) in [6.45, 7) is 0.455. The molecule has 2 aromatic carbocycles. The zero-order valence-electron chi connectivity index (χ0n) is 13.4. The molecule has 0 saturated heterocycles. The number of nitrogens with zero attached hydrogens (tertiary/aromatic N) is 1. The average Bonchev–Trinajstić information content (AvgIpc) is 3.40. The number of rotatable bonds is 4. The number of fused-ring (bicyclic) bond motifs is 1. The second-order valence-corrected chi connectivity index (χ2v) is 6.57. The third kappa shape index (κ3) is 2.92. The summed E-state index contributed by atoms with van der Waals surface area (Å²) in [5.41, 5.74) is 2.95. The molecule has 0 radical (unpaired) electrons. The van der Waals surface area contributed by atoms with Gasteiger partial charge in [0.15, 0.2) is 0 Å². The second kappa shape index (κ2) is 6.11. The maximum atomic E-state index is 12.9. The molecule has 1 aliphatic carbocycles. The van der Waals surface area contributed by atoms with Crippen LogP contribution in [0.3, 0.4) is 0 Å². The van der Waals surface area contributed by atoms with Crippen LogP contribution in [0, 0.1) is 0 Å². The number of carbonyl (C=O) groups is 2. The van der Waals surface area contributed by atoms with Gasteiger partial charge in [0.05, 0.1) is 6.42 Å². The van der Waals surface area contributed by atoms with Crippen molar-refractivity contribution in [3.05, 3.63) is 71.3 Å². The van der Waals surface area contributed by atoms with Crippen LogP contribution in [0.15, 0.2) is 54.6 Å². The van der Waals surface area contributed by atoms with Crippen LogP contribution in [0.5, 0.6) is 0 Å². The lowest BCUT2D eigenvalue weighted by molar-refractivity contribution is -0.142. The summed E-state index contributed by atoms with van der Waals surface area (Å²) in [6.07, 6.45) is 2.43. The Morgan fingerprint density at radius 2 is 1.75 bits per heavy atom. The number of hydrogen-bond donors (Lipinski definition) is 1. The Morgan fingerprint density at radius 3 is 2.50 bits per heavy atom. The topological polar surface area (TPSA) is 49.4 Å². The molecule has 0 spiro atoms. The lowest BCUT2D eigenvalue weighted by atomic mass is 9.91. The normalized spacial score (nSPS) is 19.8. The van der Waals surface area contributed by atoms with Crippen molar-refractivity contribution < 1.29 is 9.59 Å². The van der Waals surface area contributed by atoms with Crippen LogP contribution in [-0.2, 0) is 22.6 Å². The number of hydrogen-bond acceptors (Lipinski definition) is 2. The predicted molar refractivity (Wildman–Crippen MR) is 91.0 cm³/mol. The Balaban J connectivity index is 1.69. The lowest BCUT2D eigenvalue weighted by Crippen LogP contribution is -2.47. The highest BCUT2D eigenvalue weighted by atomic mass is 16.2. The van der Waals surface area contributed by atoms with E-state index < -0.39 is 6.04 Å². The first-order chi connectivity index (χ1) is 11.7. The summed E-state index contributed by atoms with van der Waals surface area (Å²) in [6, 6.07) is 17.4. The molecule has 2 aromatic rings. The molecule has 4 heteroatoms. The summed E-state index contributed by atoms with van der Waals surface area (Å²) < 4.78 is 0. The molecule has 1 heterocycles. The first-order valence-electron chi connectivity index (χ1n) is 8.44. The maximum absolute atomic E-state index is 12.9. The SMILES string of the molecule is O=C(NC1CC1)[C@@H]1c2ccccc2CC(=O)N1Cc1ccccc1. The zero-order chi connectivity index (χ0) is 16.5. The monoisotopic (exact) mass is 320 g/mol. The fraction of sp³-hybridized carbons (Fsp3) is 0.300. The first-order valence-corrected chi connectivity index (χ1v) is 8.44. The van der Waals surface area contributed by atoms with E-state index in [0.717, 1.165) is 29.5 Å². The van der Waals surface area contributed by atoms with Crippen molar-refractivity contribution >= 4 is 11.8 Å². The fourth-order valence-electron chi connectivity index (χ4n) is 3.29. The van der Waals surface area contributed by atoms with Crippen molar-refractivity contribution in [2.45, 2.75) is 37.9 Å². The Bertz CT molecular complexity index is 768. The van der Waals surface area contributed by atoms with Gasteiger partial charge in [-0.05, 0) is 29.5 Å². The highest BCUT2D eigenvalue weighted by Crippen LogP contribution is 2.33. The van der Waals surface area contributed by atoms with Crippen LogP contribution >= 0.6 is 0 Å². The third-order valence-electron chi connectivity index (χ3n) is 4.69. The van der Waals surface area contributed by atoms with Gasteiger partial charge in [0, 0.05) is 12.6 Å². The van der Waals surface area contributed by atoms with Crippen molar-refractivity contribution in [1.29, 1.82) is 0 Å². The number of benzene rings is 2. The highest BCUT2D eigenvalue weighted by molar-refractivity contribution is 5.92. The second-order valence-electron chi connectivity index (χ2n) is 6.57. The summed E-state index contributed by atoms with van der Waals surface area (Å²) in [4.78, 5) is 27.3. The van der Waals surface area contributed by atoms with Gasteiger partial charge < -0.3 is 10.2 Å². The van der Waals surface area contributed by atoms with Crippen LogP contribution in [-0.4, -0.2) is 22.8 Å². The van der Waals surface area contributed by atoms with Gasteiger partial charge in [-0.15, -0.1) is 0 Å². The molecule has 1 atom stereocenters. The van der Waals surface area contributed by atoms with Crippen molar-refractivity contribution in [2.24, 2.45) is 0 Å². The number of amides is 2. The van der Waals surface area contributed by atoms with Crippen molar-refractivity contribution in [3.8, 4) is 0 Å². The van der Waals surface area contributed by atoms with E-state index in [2.05, 4.69) is 5.32 Å². The van der Waals surface area contributed by atoms with Crippen LogP contribution in [0.1, 0.15) is 35.6 Å². The lowest BCUT2D eigenvalue weighted by Gasteiger charge is -2.36. The van der Waals surface area contributed by atoms with E-state index in [1.165, 1.54) is 0 Å². The van der Waals surface area contributed by atoms with Crippen LogP contribution in [0.2, 0.25) is 0 Å². The molecular weight excluding hydrogens is 300 g/mol. The van der Waals surface area contributed by atoms with Gasteiger partial charge in [-0.25, -0.2) is 0 Å². The third-order valence-corrected chi connectivity index (χ3v) is 4.69. The van der Waals surface area contributed by atoms with E-state index in [0.29, 0.717) is 13.0 Å².